The average molecular weight is 753 g/mol. The van der Waals surface area contributed by atoms with E-state index in [-0.39, 0.29) is 50.8 Å². The predicted molar refractivity (Wildman–Crippen MR) is 216 cm³/mol. The molecule has 320 valence electrons. The molecule has 0 aromatic carbocycles. The molecule has 0 bridgehead atoms. The summed E-state index contributed by atoms with van der Waals surface area (Å²) >= 11 is 0. The van der Waals surface area contributed by atoms with Gasteiger partial charge in [-0.05, 0) is 102 Å². The van der Waals surface area contributed by atoms with Crippen molar-refractivity contribution in [3.05, 3.63) is 0 Å². The summed E-state index contributed by atoms with van der Waals surface area (Å²) < 4.78 is 0. The van der Waals surface area contributed by atoms with Crippen LogP contribution in [0.25, 0.3) is 0 Å². The molecule has 0 aromatic heterocycles. The summed E-state index contributed by atoms with van der Waals surface area (Å²) in [5, 5.41) is 78.7. The number of nitrogens with zero attached hydrogens (tertiary/aromatic N) is 2. The van der Waals surface area contributed by atoms with E-state index in [1.165, 1.54) is 32.1 Å². The minimum absolute atomic E-state index is 0.0972. The van der Waals surface area contributed by atoms with Gasteiger partial charge >= 0.3 is 0 Å². The topological polar surface area (TPSA) is 268 Å². The zero-order valence-corrected chi connectivity index (χ0v) is 34.9. The number of nitrogens with two attached hydrogens (primary N) is 2. The highest BCUT2D eigenvalue weighted by Crippen LogP contribution is 2.17. The molecule has 0 heterocycles. The van der Waals surface area contributed by atoms with Crippen LogP contribution in [0.3, 0.4) is 0 Å². The van der Waals surface area contributed by atoms with Gasteiger partial charge < -0.3 is 83.4 Å². The van der Waals surface area contributed by atoms with Gasteiger partial charge in [-0.15, -0.1) is 0 Å². The van der Waals surface area contributed by atoms with Gasteiger partial charge in [0.2, 0.25) is 0 Å². The fourth-order valence-electron chi connectivity index (χ4n) is 3.22. The van der Waals surface area contributed by atoms with Crippen LogP contribution in [0.2, 0.25) is 0 Å². The van der Waals surface area contributed by atoms with Crippen molar-refractivity contribution in [1.29, 1.82) is 0 Å². The average Bonchev–Trinajstić information content (AvgIpc) is 3.05. The van der Waals surface area contributed by atoms with Gasteiger partial charge in [-0.25, -0.2) is 0 Å². The molecule has 0 radical (unpaired) electrons. The summed E-state index contributed by atoms with van der Waals surface area (Å²) in [6.45, 7) is 16.2. The zero-order chi connectivity index (χ0) is 41.3. The van der Waals surface area contributed by atoms with Crippen molar-refractivity contribution in [2.75, 3.05) is 128 Å². The summed E-state index contributed by atoms with van der Waals surface area (Å²) in [5.41, 5.74) is 9.76. The van der Waals surface area contributed by atoms with Crippen molar-refractivity contribution in [3.63, 3.8) is 0 Å². The number of aliphatic hydroxyl groups excluding tert-OH is 8. The van der Waals surface area contributed by atoms with Crippen molar-refractivity contribution in [1.82, 2.24) is 31.1 Å². The molecule has 0 amide bonds. The van der Waals surface area contributed by atoms with Crippen LogP contribution in [0.15, 0.2) is 0 Å². The first-order valence-corrected chi connectivity index (χ1v) is 18.6. The van der Waals surface area contributed by atoms with Crippen LogP contribution in [0.1, 0.15) is 73.1 Å². The molecule has 0 aliphatic heterocycles. The SMILES string of the molecule is CC(O)CN(C)C.CC(O)CNC1CCCCC1.CCNCC(C)O.CN(C)CCO.CNCC(C)O.CNCCO.NCCCO.NCCO. The molecule has 1 fully saturated rings. The normalized spacial score (nSPS) is 14.2. The third kappa shape index (κ3) is 113. The molecule has 4 unspecified atom stereocenters. The van der Waals surface area contributed by atoms with E-state index in [0.29, 0.717) is 38.8 Å². The molecule has 0 saturated heterocycles. The smallest absolute Gasteiger partial charge is 0.0638 e. The molecular formula is C35H92N8O8. The van der Waals surface area contributed by atoms with Gasteiger partial charge in [-0.3, -0.25) is 0 Å². The van der Waals surface area contributed by atoms with Gasteiger partial charge in [0.05, 0.1) is 44.2 Å². The minimum Gasteiger partial charge on any atom is -0.396 e. The fourth-order valence-corrected chi connectivity index (χ4v) is 3.22. The quantitative estimate of drug-likeness (QED) is 0.0750. The molecular weight excluding hydrogens is 660 g/mol. The largest absolute Gasteiger partial charge is 0.396 e. The van der Waals surface area contributed by atoms with Gasteiger partial charge in [0.1, 0.15) is 0 Å². The van der Waals surface area contributed by atoms with Gasteiger partial charge in [0.25, 0.3) is 0 Å². The molecule has 1 aliphatic carbocycles. The molecule has 51 heavy (non-hydrogen) atoms. The highest BCUT2D eigenvalue weighted by molar-refractivity contribution is 4.72. The number of aliphatic hydroxyl groups is 8. The molecule has 1 aliphatic rings. The van der Waals surface area contributed by atoms with Gasteiger partial charge in [0.15, 0.2) is 0 Å². The van der Waals surface area contributed by atoms with Crippen LogP contribution < -0.4 is 32.7 Å². The maximum Gasteiger partial charge on any atom is 0.0638 e. The van der Waals surface area contributed by atoms with E-state index in [1.54, 1.807) is 27.8 Å². The second kappa shape index (κ2) is 61.4. The van der Waals surface area contributed by atoms with E-state index >= 15 is 0 Å². The van der Waals surface area contributed by atoms with Crippen LogP contribution in [0.5, 0.6) is 0 Å². The first-order valence-electron chi connectivity index (χ1n) is 18.6. The number of likely N-dealkylation sites (N-methyl/N-ethyl adjacent to an activating group) is 5. The summed E-state index contributed by atoms with van der Waals surface area (Å²) in [7, 11) is 11.3. The second-order valence-electron chi connectivity index (χ2n) is 12.5. The van der Waals surface area contributed by atoms with Crippen molar-refractivity contribution < 1.29 is 40.9 Å². The molecule has 16 heteroatoms. The van der Waals surface area contributed by atoms with Crippen molar-refractivity contribution in [2.24, 2.45) is 11.5 Å². The van der Waals surface area contributed by atoms with E-state index in [4.69, 9.17) is 52.3 Å². The minimum atomic E-state index is -0.213. The monoisotopic (exact) mass is 753 g/mol. The summed E-state index contributed by atoms with van der Waals surface area (Å²) in [6, 6.07) is 0.679. The molecule has 0 spiro atoms. The lowest BCUT2D eigenvalue weighted by molar-refractivity contribution is 0.154. The van der Waals surface area contributed by atoms with E-state index in [9.17, 15) is 0 Å². The van der Waals surface area contributed by atoms with Crippen LogP contribution >= 0.6 is 0 Å². The Labute approximate surface area is 314 Å². The molecule has 16 N–H and O–H groups in total. The number of hydrogen-bond acceptors (Lipinski definition) is 16. The van der Waals surface area contributed by atoms with Crippen LogP contribution in [-0.4, -0.2) is 209 Å². The Balaban J connectivity index is -0.0000000887. The third-order valence-corrected chi connectivity index (χ3v) is 5.53. The molecule has 1 rings (SSSR count). The van der Waals surface area contributed by atoms with Gasteiger partial charge in [0, 0.05) is 58.5 Å². The predicted octanol–water partition coefficient (Wildman–Crippen LogP) is -2.22. The second-order valence-corrected chi connectivity index (χ2v) is 12.5. The van der Waals surface area contributed by atoms with Crippen LogP contribution in [0.4, 0.5) is 0 Å². The maximum absolute atomic E-state index is 9.02. The Morgan fingerprint density at radius 2 is 1.12 bits per heavy atom. The Morgan fingerprint density at radius 3 is 1.25 bits per heavy atom. The van der Waals surface area contributed by atoms with E-state index < -0.39 is 0 Å². The number of rotatable bonds is 17. The summed E-state index contributed by atoms with van der Waals surface area (Å²) in [6.07, 6.45) is 6.61. The first kappa shape index (κ1) is 65.3. The number of hydrogen-bond donors (Lipinski definition) is 14. The standard InChI is InChI=1S/C9H19NO.2C5H13NO.2C4H11NO.2C3H9NO.C2H7NO/c1-8(11)7-10-9-5-3-2-4-6-9;1-5(7)4-6(2)3;1-3-6-4-5(2)7;1-5(2)3-4-6;1-4(6)3-5-2;1-4-2-3-5;4-2-1-3-5;3-1-2-4/h8-11H,2-7H2,1H3;5,7H,4H2,1-3H3;5-7H,3-4H2,1-2H3;6H,3-4H2,1-2H3;4-6H,3H2,1-2H3;4-5H,2-3H2,1H3;5H,1-4H2;4H,1-3H2. The third-order valence-electron chi connectivity index (χ3n) is 5.53. The van der Waals surface area contributed by atoms with Gasteiger partial charge in [-0.2, -0.15) is 0 Å². The number of nitrogens with one attached hydrogen (secondary N) is 4. The van der Waals surface area contributed by atoms with Gasteiger partial charge in [-0.1, -0.05) is 26.2 Å². The highest BCUT2D eigenvalue weighted by Gasteiger charge is 2.12. The van der Waals surface area contributed by atoms with Crippen molar-refractivity contribution in [2.45, 2.75) is 104 Å². The molecule has 0 aromatic rings. The highest BCUT2D eigenvalue weighted by atomic mass is 16.3. The van der Waals surface area contributed by atoms with Crippen LogP contribution in [-0.2, 0) is 0 Å². The zero-order valence-electron chi connectivity index (χ0n) is 34.9. The van der Waals surface area contributed by atoms with E-state index in [0.717, 1.165) is 32.6 Å². The Bertz CT molecular complexity index is 496. The Kier molecular flexibility index (Phi) is 78.6. The van der Waals surface area contributed by atoms with E-state index in [1.807, 2.05) is 58.9 Å². The van der Waals surface area contributed by atoms with Crippen LogP contribution in [0, 0.1) is 0 Å². The van der Waals surface area contributed by atoms with Crippen molar-refractivity contribution >= 4 is 0 Å². The lowest BCUT2D eigenvalue weighted by Crippen LogP contribution is -2.35. The lowest BCUT2D eigenvalue weighted by atomic mass is 9.95. The Morgan fingerprint density at radius 1 is 0.627 bits per heavy atom. The summed E-state index contributed by atoms with van der Waals surface area (Å²) in [5.74, 6) is 0. The maximum atomic E-state index is 9.02. The molecule has 16 nitrogen and oxygen atoms in total. The fraction of sp³-hybridized carbons (Fsp3) is 1.00. The van der Waals surface area contributed by atoms with E-state index in [2.05, 4.69) is 21.3 Å². The Hall–Kier alpha value is -0.640. The molecule has 4 atom stereocenters. The summed E-state index contributed by atoms with van der Waals surface area (Å²) in [4.78, 5) is 3.88. The van der Waals surface area contributed by atoms with Crippen molar-refractivity contribution in [3.8, 4) is 0 Å². The lowest BCUT2D eigenvalue weighted by Gasteiger charge is -2.23. The molecule has 1 saturated carbocycles. The first-order chi connectivity index (χ1) is 24.0.